The maximum atomic E-state index is 12.8. The summed E-state index contributed by atoms with van der Waals surface area (Å²) in [5.41, 5.74) is 1.14. The lowest BCUT2D eigenvalue weighted by atomic mass is 10.1. The third-order valence-corrected chi connectivity index (χ3v) is 2.06. The molecule has 1 aromatic carbocycles. The van der Waals surface area contributed by atoms with E-state index in [4.69, 9.17) is 6.42 Å². The Labute approximate surface area is 73.6 Å². The van der Waals surface area contributed by atoms with Crippen molar-refractivity contribution in [3.05, 3.63) is 33.5 Å². The lowest BCUT2D eigenvalue weighted by Gasteiger charge is -1.99. The lowest BCUT2D eigenvalue weighted by molar-refractivity contribution is 0.617. The van der Waals surface area contributed by atoms with E-state index >= 15 is 0 Å². The second kappa shape index (κ2) is 3.06. The van der Waals surface area contributed by atoms with Gasteiger partial charge in [0.2, 0.25) is 0 Å². The fraction of sp³-hybridized carbons (Fsp3) is 0.111. The zero-order valence-corrected chi connectivity index (χ0v) is 7.57. The van der Waals surface area contributed by atoms with Crippen molar-refractivity contribution in [1.82, 2.24) is 0 Å². The molecule has 1 rings (SSSR count). The van der Waals surface area contributed by atoms with Crippen molar-refractivity contribution in [2.24, 2.45) is 0 Å². The Morgan fingerprint density at radius 3 is 2.73 bits per heavy atom. The fourth-order valence-electron chi connectivity index (χ4n) is 0.757. The molecule has 0 atom stereocenters. The summed E-state index contributed by atoms with van der Waals surface area (Å²) in [6.07, 6.45) is 5.12. The summed E-state index contributed by atoms with van der Waals surface area (Å²) in [6.45, 7) is 1.69. The summed E-state index contributed by atoms with van der Waals surface area (Å²) in [4.78, 5) is 0. The molecule has 2 heteroatoms. The quantitative estimate of drug-likeness (QED) is 0.581. The minimum Gasteiger partial charge on any atom is -0.207 e. The van der Waals surface area contributed by atoms with E-state index in [-0.39, 0.29) is 5.82 Å². The van der Waals surface area contributed by atoms with Gasteiger partial charge in [0.1, 0.15) is 5.82 Å². The molecule has 0 aliphatic rings. The maximum absolute atomic E-state index is 12.8. The fourth-order valence-corrected chi connectivity index (χ4v) is 1.33. The molecule has 0 aliphatic carbocycles. The van der Waals surface area contributed by atoms with Crippen LogP contribution in [0.15, 0.2) is 16.6 Å². The summed E-state index contributed by atoms with van der Waals surface area (Å²) < 4.78 is 13.6. The van der Waals surface area contributed by atoms with Gasteiger partial charge in [0.05, 0.1) is 0 Å². The van der Waals surface area contributed by atoms with E-state index < -0.39 is 0 Å². The SMILES string of the molecule is C#Cc1cc(F)c(C)cc1Br. The third-order valence-electron chi connectivity index (χ3n) is 1.40. The molecular weight excluding hydrogens is 207 g/mol. The number of halogens is 2. The molecule has 0 heterocycles. The molecule has 0 spiro atoms. The molecule has 0 aromatic heterocycles. The van der Waals surface area contributed by atoms with Gasteiger partial charge in [-0.3, -0.25) is 0 Å². The van der Waals surface area contributed by atoms with Gasteiger partial charge in [-0.1, -0.05) is 5.92 Å². The Hall–Kier alpha value is -0.810. The Morgan fingerprint density at radius 2 is 2.18 bits per heavy atom. The average Bonchev–Trinajstić information content (AvgIpc) is 1.97. The molecule has 56 valence electrons. The number of aryl methyl sites for hydroxylation is 1. The maximum Gasteiger partial charge on any atom is 0.127 e. The number of hydrogen-bond acceptors (Lipinski definition) is 0. The van der Waals surface area contributed by atoms with E-state index in [0.717, 1.165) is 4.47 Å². The molecule has 0 saturated carbocycles. The molecule has 11 heavy (non-hydrogen) atoms. The van der Waals surface area contributed by atoms with Crippen molar-refractivity contribution in [2.75, 3.05) is 0 Å². The van der Waals surface area contributed by atoms with E-state index in [1.165, 1.54) is 6.07 Å². The van der Waals surface area contributed by atoms with Gasteiger partial charge in [0, 0.05) is 10.0 Å². The molecule has 0 fully saturated rings. The first-order chi connectivity index (χ1) is 5.15. The molecule has 0 N–H and O–H groups in total. The second-order valence-corrected chi connectivity index (χ2v) is 3.08. The number of hydrogen-bond donors (Lipinski definition) is 0. The van der Waals surface area contributed by atoms with Crippen LogP contribution in [-0.4, -0.2) is 0 Å². The minimum atomic E-state index is -0.263. The van der Waals surface area contributed by atoms with Crippen molar-refractivity contribution in [3.8, 4) is 12.3 Å². The van der Waals surface area contributed by atoms with Gasteiger partial charge in [-0.25, -0.2) is 4.39 Å². The van der Waals surface area contributed by atoms with Crippen LogP contribution in [0.1, 0.15) is 11.1 Å². The standard InChI is InChI=1S/C9H6BrF/c1-3-7-5-9(11)6(2)4-8(7)10/h1,4-5H,2H3. The van der Waals surface area contributed by atoms with Crippen molar-refractivity contribution in [3.63, 3.8) is 0 Å². The van der Waals surface area contributed by atoms with Gasteiger partial charge in [-0.15, -0.1) is 6.42 Å². The van der Waals surface area contributed by atoms with Crippen LogP contribution in [-0.2, 0) is 0 Å². The van der Waals surface area contributed by atoms with Gasteiger partial charge < -0.3 is 0 Å². The molecule has 1 aromatic rings. The summed E-state index contributed by atoms with van der Waals surface area (Å²) in [6, 6.07) is 3.02. The van der Waals surface area contributed by atoms with Crippen LogP contribution in [0.4, 0.5) is 4.39 Å². The van der Waals surface area contributed by atoms with E-state index in [0.29, 0.717) is 11.1 Å². The molecular formula is C9H6BrF. The molecule has 0 aliphatic heterocycles. The number of terminal acetylenes is 1. The van der Waals surface area contributed by atoms with Gasteiger partial charge in [-0.05, 0) is 40.5 Å². The average molecular weight is 213 g/mol. The summed E-state index contributed by atoms with van der Waals surface area (Å²) in [7, 11) is 0. The van der Waals surface area contributed by atoms with Crippen molar-refractivity contribution in [1.29, 1.82) is 0 Å². The molecule has 0 bridgehead atoms. The highest BCUT2D eigenvalue weighted by atomic mass is 79.9. The van der Waals surface area contributed by atoms with Gasteiger partial charge >= 0.3 is 0 Å². The molecule has 0 saturated heterocycles. The highest BCUT2D eigenvalue weighted by Crippen LogP contribution is 2.19. The number of rotatable bonds is 0. The zero-order valence-electron chi connectivity index (χ0n) is 5.99. The van der Waals surface area contributed by atoms with Crippen LogP contribution >= 0.6 is 15.9 Å². The summed E-state index contributed by atoms with van der Waals surface area (Å²) in [5, 5.41) is 0. The first kappa shape index (κ1) is 8.29. The highest BCUT2D eigenvalue weighted by molar-refractivity contribution is 9.10. The van der Waals surface area contributed by atoms with Crippen molar-refractivity contribution >= 4 is 15.9 Å². The van der Waals surface area contributed by atoms with E-state index in [1.807, 2.05) is 0 Å². The first-order valence-corrected chi connectivity index (χ1v) is 3.86. The van der Waals surface area contributed by atoms with Crippen LogP contribution in [0.25, 0.3) is 0 Å². The second-order valence-electron chi connectivity index (χ2n) is 2.23. The van der Waals surface area contributed by atoms with Gasteiger partial charge in [0.15, 0.2) is 0 Å². The predicted octanol–water partition coefficient (Wildman–Crippen LogP) is 2.88. The van der Waals surface area contributed by atoms with Gasteiger partial charge in [0.25, 0.3) is 0 Å². The Balaban J connectivity index is 3.35. The van der Waals surface area contributed by atoms with Crippen molar-refractivity contribution < 1.29 is 4.39 Å². The van der Waals surface area contributed by atoms with E-state index in [2.05, 4.69) is 21.9 Å². The zero-order chi connectivity index (χ0) is 8.43. The monoisotopic (exact) mass is 212 g/mol. The van der Waals surface area contributed by atoms with Crippen LogP contribution < -0.4 is 0 Å². The predicted molar refractivity (Wildman–Crippen MR) is 46.8 cm³/mol. The van der Waals surface area contributed by atoms with Crippen molar-refractivity contribution in [2.45, 2.75) is 6.92 Å². The normalized spacial score (nSPS) is 9.27. The lowest BCUT2D eigenvalue weighted by Crippen LogP contribution is -1.85. The largest absolute Gasteiger partial charge is 0.207 e. The van der Waals surface area contributed by atoms with Crippen LogP contribution in [0.3, 0.4) is 0 Å². The minimum absolute atomic E-state index is 0.263. The smallest absolute Gasteiger partial charge is 0.127 e. The van der Waals surface area contributed by atoms with Gasteiger partial charge in [-0.2, -0.15) is 0 Å². The topological polar surface area (TPSA) is 0 Å². The van der Waals surface area contributed by atoms with Crippen LogP contribution in [0.2, 0.25) is 0 Å². The van der Waals surface area contributed by atoms with E-state index in [9.17, 15) is 4.39 Å². The Kier molecular flexibility index (Phi) is 2.31. The molecule has 0 unspecified atom stereocenters. The molecule has 0 amide bonds. The van der Waals surface area contributed by atoms with Crippen LogP contribution in [0.5, 0.6) is 0 Å². The summed E-state index contributed by atoms with van der Waals surface area (Å²) >= 11 is 3.23. The van der Waals surface area contributed by atoms with Crippen LogP contribution in [0, 0.1) is 25.1 Å². The first-order valence-electron chi connectivity index (χ1n) is 3.07. The number of benzene rings is 1. The highest BCUT2D eigenvalue weighted by Gasteiger charge is 2.01. The Bertz CT molecular complexity index is 323. The molecule has 0 radical (unpaired) electrons. The molecule has 0 nitrogen and oxygen atoms in total. The summed E-state index contributed by atoms with van der Waals surface area (Å²) in [5.74, 6) is 2.11. The third kappa shape index (κ3) is 1.61. The van der Waals surface area contributed by atoms with E-state index in [1.54, 1.807) is 13.0 Å². The Morgan fingerprint density at radius 1 is 1.55 bits per heavy atom.